The van der Waals surface area contributed by atoms with Crippen molar-refractivity contribution >= 4 is 117 Å². The van der Waals surface area contributed by atoms with Crippen molar-refractivity contribution in [1.82, 2.24) is 57.8 Å². The summed E-state index contributed by atoms with van der Waals surface area (Å²) in [5.74, 6) is 0. The number of imidazole rings is 4. The summed E-state index contributed by atoms with van der Waals surface area (Å²) in [6.45, 7) is 17.3. The van der Waals surface area contributed by atoms with Gasteiger partial charge in [0.05, 0.1) is 0 Å². The Morgan fingerprint density at radius 2 is 0.542 bits per heavy atom. The molecule has 4 amide bonds. The minimum Gasteiger partial charge on any atom is -1.00 e. The predicted molar refractivity (Wildman–Crippen MR) is 321 cm³/mol. The quantitative estimate of drug-likeness (QED) is 0.110. The molecule has 0 unspecified atom stereocenters. The molecule has 0 bridgehead atoms. The minimum atomic E-state index is -0.136. The number of hydrogen-bond donors (Lipinski definition) is 0. The Bertz CT molecular complexity index is 2830. The molecule has 445 valence electrons. The summed E-state index contributed by atoms with van der Waals surface area (Å²) in [6, 6.07) is 20.7. The topological polar surface area (TPSA) is 153 Å². The average Bonchev–Trinajstić information content (AvgIpc) is 4.28. The fourth-order valence-corrected chi connectivity index (χ4v) is 9.17. The first-order valence-corrected chi connectivity index (χ1v) is 27.9. The fraction of sp³-hybridized carbons (Fsp3) is 0.286. The van der Waals surface area contributed by atoms with Crippen LogP contribution in [0.4, 0.5) is 19.2 Å². The van der Waals surface area contributed by atoms with Crippen LogP contribution in [-0.2, 0) is 43.2 Å². The number of carbonyl (C=O) groups is 4. The van der Waals surface area contributed by atoms with Crippen LogP contribution in [-0.4, -0.2) is 106 Å². The largest absolute Gasteiger partial charge is 2.00 e. The van der Waals surface area contributed by atoms with E-state index in [-0.39, 0.29) is 90.2 Å². The van der Waals surface area contributed by atoms with Gasteiger partial charge in [0.15, 0.2) is 0 Å². The Morgan fingerprint density at radius 3 is 0.675 bits per heavy atom. The van der Waals surface area contributed by atoms with Gasteiger partial charge in [-0.2, -0.15) is 0 Å². The van der Waals surface area contributed by atoms with E-state index >= 15 is 0 Å². The van der Waals surface area contributed by atoms with Crippen LogP contribution in [0.25, 0.3) is 0 Å². The van der Waals surface area contributed by atoms with Gasteiger partial charge < -0.3 is 44.4 Å². The molecule has 0 fully saturated rings. The Balaban J connectivity index is 0.000000373. The van der Waals surface area contributed by atoms with Gasteiger partial charge in [-0.05, 0) is 126 Å². The number of benzene rings is 4. The summed E-state index contributed by atoms with van der Waals surface area (Å²) in [5, 5.41) is 4.55. The zero-order valence-corrected chi connectivity index (χ0v) is 54.9. The van der Waals surface area contributed by atoms with Gasteiger partial charge >= 0.3 is 41.2 Å². The summed E-state index contributed by atoms with van der Waals surface area (Å²) < 4.78 is 5.79. The number of carbonyl (C=O) groups excluding carboxylic acids is 4. The van der Waals surface area contributed by atoms with E-state index in [1.807, 2.05) is 79.7 Å². The SMILES string of the molecule is CC(C)N(Cc1ccc(Cl)cc1Cl)C(=O)n1ccnc1.CC(C)N(Cc1ccc(Cl)cc1Cl)C(=O)n1ccnc1.CC(C)N(Cc1ccc(Cl)cc1Cl)C(=O)n1ccnc1.CC(C)N(Cc1ccc(Cl)cc1Cl)C(=O)n1ccnc1.[Cl-].[Cl-].[Mn+2]. The molecule has 0 aliphatic heterocycles. The molecule has 4 aromatic heterocycles. The Labute approximate surface area is 547 Å². The van der Waals surface area contributed by atoms with Crippen LogP contribution in [0.15, 0.2) is 148 Å². The summed E-state index contributed by atoms with van der Waals surface area (Å²) in [4.78, 5) is 72.1. The summed E-state index contributed by atoms with van der Waals surface area (Å²) in [7, 11) is 0. The molecule has 8 aromatic rings. The van der Waals surface area contributed by atoms with Crippen molar-refractivity contribution in [3.8, 4) is 0 Å². The Hall–Kier alpha value is -4.98. The third kappa shape index (κ3) is 22.4. The molecule has 0 N–H and O–H groups in total. The molecular formula is C56H60Cl10MnN12O4. The summed E-state index contributed by atoms with van der Waals surface area (Å²) >= 11 is 48.2. The number of rotatable bonds is 12. The van der Waals surface area contributed by atoms with Crippen molar-refractivity contribution in [3.63, 3.8) is 0 Å². The molecule has 8 rings (SSSR count). The van der Waals surface area contributed by atoms with Crippen LogP contribution in [0, 0.1) is 0 Å². The molecular weight excluding hydrogens is 1310 g/mol. The molecule has 0 saturated heterocycles. The van der Waals surface area contributed by atoms with Gasteiger partial charge in [-0.1, -0.05) is 117 Å². The van der Waals surface area contributed by atoms with E-state index in [1.165, 1.54) is 43.6 Å². The molecule has 1 radical (unpaired) electrons. The summed E-state index contributed by atoms with van der Waals surface area (Å²) in [5.41, 5.74) is 3.44. The molecule has 0 aliphatic rings. The second-order valence-electron chi connectivity index (χ2n) is 18.8. The van der Waals surface area contributed by atoms with Crippen molar-refractivity contribution in [2.45, 2.75) is 106 Å². The number of halogens is 10. The molecule has 4 heterocycles. The minimum absolute atomic E-state index is 0. The van der Waals surface area contributed by atoms with Crippen molar-refractivity contribution in [2.24, 2.45) is 0 Å². The van der Waals surface area contributed by atoms with E-state index in [1.54, 1.807) is 118 Å². The maximum atomic E-state index is 12.4. The zero-order chi connectivity index (χ0) is 58.8. The van der Waals surface area contributed by atoms with Crippen molar-refractivity contribution in [1.29, 1.82) is 0 Å². The third-order valence-corrected chi connectivity index (χ3v) is 14.1. The van der Waals surface area contributed by atoms with Crippen molar-refractivity contribution < 1.29 is 61.1 Å². The van der Waals surface area contributed by atoms with Crippen LogP contribution < -0.4 is 24.8 Å². The number of amides is 4. The molecule has 0 spiro atoms. The van der Waals surface area contributed by atoms with Gasteiger partial charge in [-0.3, -0.25) is 18.3 Å². The zero-order valence-electron chi connectivity index (χ0n) is 46.2. The van der Waals surface area contributed by atoms with E-state index in [2.05, 4.69) is 19.9 Å². The van der Waals surface area contributed by atoms with Crippen LogP contribution in [0.1, 0.15) is 77.6 Å². The van der Waals surface area contributed by atoms with E-state index in [9.17, 15) is 19.2 Å². The number of hydrogen-bond acceptors (Lipinski definition) is 8. The maximum absolute atomic E-state index is 12.4. The first-order valence-electron chi connectivity index (χ1n) is 24.9. The second kappa shape index (κ2) is 36.1. The van der Waals surface area contributed by atoms with E-state index in [4.69, 9.17) is 92.8 Å². The predicted octanol–water partition coefficient (Wildman–Crippen LogP) is 10.3. The third-order valence-electron chi connectivity index (χ3n) is 11.8. The maximum Gasteiger partial charge on any atom is 2.00 e. The number of nitrogens with zero attached hydrogens (tertiary/aromatic N) is 12. The Kier molecular flexibility index (Phi) is 32.2. The van der Waals surface area contributed by atoms with Crippen LogP contribution >= 0.6 is 92.8 Å². The molecule has 4 aromatic carbocycles. The molecule has 16 nitrogen and oxygen atoms in total. The average molecular weight is 1370 g/mol. The van der Waals surface area contributed by atoms with Crippen LogP contribution in [0.5, 0.6) is 0 Å². The van der Waals surface area contributed by atoms with E-state index in [0.29, 0.717) is 66.4 Å². The van der Waals surface area contributed by atoms with Crippen LogP contribution in [0.2, 0.25) is 40.2 Å². The van der Waals surface area contributed by atoms with E-state index < -0.39 is 0 Å². The van der Waals surface area contributed by atoms with Gasteiger partial charge in [0.1, 0.15) is 25.3 Å². The van der Waals surface area contributed by atoms with Gasteiger partial charge in [0.25, 0.3) is 0 Å². The molecule has 0 saturated carbocycles. The molecule has 0 atom stereocenters. The smallest absolute Gasteiger partial charge is 1.00 e. The standard InChI is InChI=1S/4C14H15Cl2N3O.2ClH.Mn/c4*1-10(2)19(14(20)18-6-5-17-9-18)8-11-3-4-12(15)7-13(11)16;;;/h4*3-7,9-10H,8H2,1-2H3;2*1H;/q;;;;;;+2/p-2. The van der Waals surface area contributed by atoms with Crippen LogP contribution in [0.3, 0.4) is 0 Å². The van der Waals surface area contributed by atoms with Gasteiger partial charge in [0, 0.05) is 140 Å². The Morgan fingerprint density at radius 1 is 0.361 bits per heavy atom. The summed E-state index contributed by atoms with van der Waals surface area (Å²) in [6.07, 6.45) is 18.8. The van der Waals surface area contributed by atoms with Gasteiger partial charge in [-0.25, -0.2) is 39.1 Å². The van der Waals surface area contributed by atoms with Crippen molar-refractivity contribution in [2.75, 3.05) is 0 Å². The van der Waals surface area contributed by atoms with E-state index in [0.717, 1.165) is 22.3 Å². The molecule has 0 aliphatic carbocycles. The van der Waals surface area contributed by atoms with Gasteiger partial charge in [0.2, 0.25) is 0 Å². The first kappa shape index (κ1) is 74.1. The normalized spacial score (nSPS) is 10.5. The van der Waals surface area contributed by atoms with Gasteiger partial charge in [-0.15, -0.1) is 0 Å². The second-order valence-corrected chi connectivity index (χ2v) is 22.2. The molecule has 27 heteroatoms. The molecule has 83 heavy (non-hydrogen) atoms. The fourth-order valence-electron chi connectivity index (χ4n) is 7.30. The first-order chi connectivity index (χ1) is 37.9. The monoisotopic (exact) mass is 1370 g/mol. The number of aromatic nitrogens is 8. The van der Waals surface area contributed by atoms with Crippen molar-refractivity contribution in [3.05, 3.63) is 210 Å².